The van der Waals surface area contributed by atoms with Crippen LogP contribution in [0.4, 0.5) is 0 Å². The molecule has 0 radical (unpaired) electrons. The van der Waals surface area contributed by atoms with Gasteiger partial charge in [0, 0.05) is 32.7 Å². The van der Waals surface area contributed by atoms with Crippen molar-refractivity contribution in [2.45, 2.75) is 44.9 Å². The van der Waals surface area contributed by atoms with Crippen molar-refractivity contribution in [2.24, 2.45) is 5.92 Å². The van der Waals surface area contributed by atoms with E-state index in [0.717, 1.165) is 58.4 Å². The molecule has 1 aromatic carbocycles. The van der Waals surface area contributed by atoms with Crippen LogP contribution >= 0.6 is 24.8 Å². The quantitative estimate of drug-likeness (QED) is 0.704. The summed E-state index contributed by atoms with van der Waals surface area (Å²) >= 11 is 0. The van der Waals surface area contributed by atoms with Gasteiger partial charge in [-0.15, -0.1) is 24.8 Å². The number of halogens is 2. The summed E-state index contributed by atoms with van der Waals surface area (Å²) in [6.07, 6.45) is 3.63. The van der Waals surface area contributed by atoms with Gasteiger partial charge >= 0.3 is 0 Å². The van der Waals surface area contributed by atoms with Crippen LogP contribution in [0.25, 0.3) is 0 Å². The zero-order chi connectivity index (χ0) is 16.8. The van der Waals surface area contributed by atoms with E-state index < -0.39 is 0 Å². The maximum Gasteiger partial charge on any atom is 0.224 e. The van der Waals surface area contributed by atoms with Gasteiger partial charge < -0.3 is 15.7 Å². The molecule has 1 unspecified atom stereocenters. The number of amides is 1. The largest absolute Gasteiger partial charge is 0.393 e. The van der Waals surface area contributed by atoms with Gasteiger partial charge in [-0.05, 0) is 43.4 Å². The second-order valence-corrected chi connectivity index (χ2v) is 7.04. The van der Waals surface area contributed by atoms with E-state index in [2.05, 4.69) is 33.7 Å². The summed E-state index contributed by atoms with van der Waals surface area (Å²) in [7, 11) is 0. The Bertz CT molecular complexity index is 545. The lowest BCUT2D eigenvalue weighted by atomic mass is 9.98. The number of rotatable bonds is 5. The molecule has 0 spiro atoms. The first-order valence-corrected chi connectivity index (χ1v) is 9.18. The number of piperidine rings is 2. The van der Waals surface area contributed by atoms with Crippen LogP contribution in [0.3, 0.4) is 0 Å². The first kappa shape index (κ1) is 23.2. The molecule has 1 aromatic rings. The molecule has 148 valence electrons. The summed E-state index contributed by atoms with van der Waals surface area (Å²) < 4.78 is 0. The summed E-state index contributed by atoms with van der Waals surface area (Å²) in [6, 6.07) is 8.35. The number of hydrogen-bond donors (Lipinski definition) is 3. The van der Waals surface area contributed by atoms with Crippen LogP contribution in [0.1, 0.15) is 36.8 Å². The topological polar surface area (TPSA) is 64.6 Å². The van der Waals surface area contributed by atoms with Crippen LogP contribution in [0.5, 0.6) is 0 Å². The zero-order valence-electron chi connectivity index (χ0n) is 15.2. The van der Waals surface area contributed by atoms with E-state index in [4.69, 9.17) is 0 Å². The van der Waals surface area contributed by atoms with Gasteiger partial charge in [-0.1, -0.05) is 24.3 Å². The number of aliphatic hydroxyl groups excluding tert-OH is 1. The highest BCUT2D eigenvalue weighted by molar-refractivity contribution is 5.85. The highest BCUT2D eigenvalue weighted by Gasteiger charge is 2.21. The van der Waals surface area contributed by atoms with Crippen LogP contribution in [0.2, 0.25) is 0 Å². The molecule has 2 aliphatic rings. The van der Waals surface area contributed by atoms with Crippen molar-refractivity contribution in [1.82, 2.24) is 15.5 Å². The molecule has 2 saturated heterocycles. The molecule has 2 fully saturated rings. The Balaban J connectivity index is 0.00000169. The van der Waals surface area contributed by atoms with Crippen molar-refractivity contribution in [3.05, 3.63) is 35.4 Å². The Morgan fingerprint density at radius 3 is 2.50 bits per heavy atom. The van der Waals surface area contributed by atoms with E-state index in [1.54, 1.807) is 0 Å². The normalized spacial score (nSPS) is 21.3. The van der Waals surface area contributed by atoms with Gasteiger partial charge in [-0.3, -0.25) is 9.69 Å². The molecule has 2 aliphatic heterocycles. The number of carbonyl (C=O) groups is 1. The lowest BCUT2D eigenvalue weighted by Crippen LogP contribution is -2.40. The van der Waals surface area contributed by atoms with Crippen LogP contribution in [0, 0.1) is 5.92 Å². The van der Waals surface area contributed by atoms with Crippen molar-refractivity contribution in [1.29, 1.82) is 0 Å². The van der Waals surface area contributed by atoms with Crippen molar-refractivity contribution >= 4 is 30.7 Å². The number of carbonyl (C=O) groups excluding carboxylic acids is 1. The van der Waals surface area contributed by atoms with E-state index in [1.165, 1.54) is 11.1 Å². The third kappa shape index (κ3) is 6.71. The van der Waals surface area contributed by atoms with Crippen LogP contribution in [0.15, 0.2) is 24.3 Å². The van der Waals surface area contributed by atoms with Crippen LogP contribution < -0.4 is 10.6 Å². The number of aliphatic hydroxyl groups is 1. The summed E-state index contributed by atoms with van der Waals surface area (Å²) in [5.74, 6) is 0.271. The highest BCUT2D eigenvalue weighted by Crippen LogP contribution is 2.17. The molecule has 7 heteroatoms. The number of nitrogens with zero attached hydrogens (tertiary/aromatic N) is 1. The van der Waals surface area contributed by atoms with Gasteiger partial charge in [0.25, 0.3) is 0 Å². The van der Waals surface area contributed by atoms with E-state index in [1.807, 2.05) is 6.07 Å². The Morgan fingerprint density at radius 2 is 1.85 bits per heavy atom. The lowest BCUT2D eigenvalue weighted by Gasteiger charge is -2.30. The highest BCUT2D eigenvalue weighted by atomic mass is 35.5. The molecule has 0 aliphatic carbocycles. The predicted octanol–water partition coefficient (Wildman–Crippen LogP) is 2.10. The molecular weight excluding hydrogens is 373 g/mol. The molecule has 0 bridgehead atoms. The van der Waals surface area contributed by atoms with Gasteiger partial charge in [0.2, 0.25) is 5.91 Å². The molecule has 3 rings (SSSR count). The van der Waals surface area contributed by atoms with Gasteiger partial charge in [0.05, 0.1) is 12.0 Å². The molecule has 1 amide bonds. The van der Waals surface area contributed by atoms with Crippen molar-refractivity contribution in [3.8, 4) is 0 Å². The molecule has 0 saturated carbocycles. The first-order valence-electron chi connectivity index (χ1n) is 9.18. The third-order valence-electron chi connectivity index (χ3n) is 5.19. The fourth-order valence-corrected chi connectivity index (χ4v) is 3.60. The molecule has 5 nitrogen and oxygen atoms in total. The minimum atomic E-state index is -0.139. The molecule has 26 heavy (non-hydrogen) atoms. The second kappa shape index (κ2) is 11.8. The summed E-state index contributed by atoms with van der Waals surface area (Å²) in [6.45, 7) is 5.19. The van der Waals surface area contributed by atoms with Crippen molar-refractivity contribution in [2.75, 3.05) is 26.2 Å². The molecule has 3 N–H and O–H groups in total. The minimum absolute atomic E-state index is 0. The first-order chi connectivity index (χ1) is 11.7. The third-order valence-corrected chi connectivity index (χ3v) is 5.19. The van der Waals surface area contributed by atoms with Crippen LogP contribution in [-0.4, -0.2) is 48.2 Å². The number of benzene rings is 1. The number of nitrogens with one attached hydrogen (secondary N) is 2. The lowest BCUT2D eigenvalue weighted by molar-refractivity contribution is -0.125. The summed E-state index contributed by atoms with van der Waals surface area (Å²) in [5.41, 5.74) is 2.47. The van der Waals surface area contributed by atoms with E-state index in [0.29, 0.717) is 6.54 Å². The van der Waals surface area contributed by atoms with E-state index >= 15 is 0 Å². The maximum atomic E-state index is 12.3. The Hall–Kier alpha value is -0.850. The van der Waals surface area contributed by atoms with E-state index in [-0.39, 0.29) is 42.7 Å². The van der Waals surface area contributed by atoms with Gasteiger partial charge in [-0.25, -0.2) is 0 Å². The monoisotopic (exact) mass is 403 g/mol. The van der Waals surface area contributed by atoms with Crippen molar-refractivity contribution < 1.29 is 9.90 Å². The predicted molar refractivity (Wildman–Crippen MR) is 109 cm³/mol. The SMILES string of the molecule is Cl.Cl.O=C(NCc1ccccc1CN1CCC(O)CC1)C1CCCNC1. The minimum Gasteiger partial charge on any atom is -0.393 e. The molecule has 0 aromatic heterocycles. The number of likely N-dealkylation sites (tertiary alicyclic amines) is 1. The molecule has 2 heterocycles. The Morgan fingerprint density at radius 1 is 1.15 bits per heavy atom. The average molecular weight is 404 g/mol. The summed E-state index contributed by atoms with van der Waals surface area (Å²) in [4.78, 5) is 14.7. The van der Waals surface area contributed by atoms with Crippen LogP contribution in [-0.2, 0) is 17.9 Å². The second-order valence-electron chi connectivity index (χ2n) is 7.04. The average Bonchev–Trinajstić information content (AvgIpc) is 2.63. The fourth-order valence-electron chi connectivity index (χ4n) is 3.60. The summed E-state index contributed by atoms with van der Waals surface area (Å²) in [5, 5.41) is 16.0. The smallest absolute Gasteiger partial charge is 0.224 e. The Kier molecular flexibility index (Phi) is 10.5. The molecule has 1 atom stereocenters. The van der Waals surface area contributed by atoms with Gasteiger partial charge in [0.15, 0.2) is 0 Å². The van der Waals surface area contributed by atoms with Gasteiger partial charge in [0.1, 0.15) is 0 Å². The molecular formula is C19H31Cl2N3O2. The Labute approximate surface area is 168 Å². The number of hydrogen-bond acceptors (Lipinski definition) is 4. The zero-order valence-corrected chi connectivity index (χ0v) is 16.8. The van der Waals surface area contributed by atoms with E-state index in [9.17, 15) is 9.90 Å². The fraction of sp³-hybridized carbons (Fsp3) is 0.632. The maximum absolute atomic E-state index is 12.3. The van der Waals surface area contributed by atoms with Gasteiger partial charge in [-0.2, -0.15) is 0 Å². The van der Waals surface area contributed by atoms with Crippen molar-refractivity contribution in [3.63, 3.8) is 0 Å². The standard InChI is InChI=1S/C19H29N3O2.2ClH/c23-18-7-10-22(11-8-18)14-17-5-2-1-4-15(17)13-21-19(24)16-6-3-9-20-12-16;;/h1-2,4-5,16,18,20,23H,3,6-14H2,(H,21,24);2*1H.